The Morgan fingerprint density at radius 1 is 1.65 bits per heavy atom. The molecule has 0 saturated heterocycles. The van der Waals surface area contributed by atoms with Gasteiger partial charge in [-0.05, 0) is 12.1 Å². The van der Waals surface area contributed by atoms with Crippen molar-refractivity contribution in [3.05, 3.63) is 30.4 Å². The Bertz CT molecular complexity index is 477. The molecule has 7 heteroatoms. The molecule has 90 valence electrons. The van der Waals surface area contributed by atoms with Crippen LogP contribution in [0.4, 0.5) is 5.95 Å². The van der Waals surface area contributed by atoms with Gasteiger partial charge in [0.2, 0.25) is 5.95 Å². The van der Waals surface area contributed by atoms with E-state index in [9.17, 15) is 4.79 Å². The fraction of sp³-hybridized carbons (Fsp3) is 0.300. The lowest BCUT2D eigenvalue weighted by Crippen LogP contribution is -2.18. The van der Waals surface area contributed by atoms with E-state index < -0.39 is 0 Å². The fourth-order valence-electron chi connectivity index (χ4n) is 1.44. The number of hydrogen-bond acceptors (Lipinski definition) is 4. The third-order valence-corrected chi connectivity index (χ3v) is 2.25. The van der Waals surface area contributed by atoms with Crippen molar-refractivity contribution in [2.45, 2.75) is 6.54 Å². The summed E-state index contributed by atoms with van der Waals surface area (Å²) in [5.74, 6) is 0.0948. The molecule has 0 aliphatic carbocycles. The van der Waals surface area contributed by atoms with Crippen LogP contribution in [0.3, 0.4) is 0 Å². The highest BCUT2D eigenvalue weighted by Gasteiger charge is 2.11. The Kier molecular flexibility index (Phi) is 3.51. The number of methoxy groups -OCH3 is 1. The highest BCUT2D eigenvalue weighted by Crippen LogP contribution is 2.05. The monoisotopic (exact) mass is 235 g/mol. The van der Waals surface area contributed by atoms with Crippen molar-refractivity contribution in [3.8, 4) is 0 Å². The van der Waals surface area contributed by atoms with Crippen molar-refractivity contribution in [1.29, 1.82) is 0 Å². The average molecular weight is 235 g/mol. The van der Waals surface area contributed by atoms with E-state index in [1.807, 2.05) is 16.8 Å². The summed E-state index contributed by atoms with van der Waals surface area (Å²) in [5, 5.41) is 8.83. The van der Waals surface area contributed by atoms with Gasteiger partial charge in [-0.1, -0.05) is 0 Å². The minimum Gasteiger partial charge on any atom is -0.383 e. The molecule has 0 bridgehead atoms. The Labute approximate surface area is 97.8 Å². The van der Waals surface area contributed by atoms with Gasteiger partial charge in [0.15, 0.2) is 0 Å². The zero-order chi connectivity index (χ0) is 12.1. The molecule has 0 aliphatic heterocycles. The van der Waals surface area contributed by atoms with Crippen molar-refractivity contribution in [2.75, 3.05) is 19.0 Å². The normalized spacial score (nSPS) is 10.4. The van der Waals surface area contributed by atoms with Crippen LogP contribution in [0, 0.1) is 0 Å². The maximum atomic E-state index is 11.9. The Morgan fingerprint density at radius 3 is 3.24 bits per heavy atom. The van der Waals surface area contributed by atoms with Crippen molar-refractivity contribution < 1.29 is 9.53 Å². The number of rotatable bonds is 5. The van der Waals surface area contributed by atoms with Crippen molar-refractivity contribution in [3.63, 3.8) is 0 Å². The van der Waals surface area contributed by atoms with Gasteiger partial charge in [-0.15, -0.1) is 0 Å². The van der Waals surface area contributed by atoms with Crippen LogP contribution in [0.25, 0.3) is 0 Å². The molecule has 2 N–H and O–H groups in total. The van der Waals surface area contributed by atoms with E-state index in [0.29, 0.717) is 24.8 Å². The van der Waals surface area contributed by atoms with Crippen LogP contribution in [-0.4, -0.2) is 39.4 Å². The maximum Gasteiger partial charge on any atom is 0.274 e. The third kappa shape index (κ3) is 2.70. The average Bonchev–Trinajstić information content (AvgIpc) is 2.96. The van der Waals surface area contributed by atoms with Crippen molar-refractivity contribution in [2.24, 2.45) is 0 Å². The summed E-state index contributed by atoms with van der Waals surface area (Å²) in [7, 11) is 1.62. The zero-order valence-corrected chi connectivity index (χ0v) is 9.38. The number of amides is 1. The number of anilines is 1. The first kappa shape index (κ1) is 11.3. The molecule has 1 amide bonds. The van der Waals surface area contributed by atoms with E-state index >= 15 is 0 Å². The molecule has 0 aliphatic rings. The van der Waals surface area contributed by atoms with E-state index in [1.54, 1.807) is 13.2 Å². The van der Waals surface area contributed by atoms with Crippen LogP contribution in [0.2, 0.25) is 0 Å². The number of ether oxygens (including phenoxy) is 1. The summed E-state index contributed by atoms with van der Waals surface area (Å²) in [6, 6.07) is 3.55. The number of aromatic nitrogens is 4. The van der Waals surface area contributed by atoms with Crippen LogP contribution in [0.15, 0.2) is 24.7 Å². The van der Waals surface area contributed by atoms with Gasteiger partial charge in [-0.25, -0.2) is 5.10 Å². The second-order valence-electron chi connectivity index (χ2n) is 3.37. The van der Waals surface area contributed by atoms with Gasteiger partial charge in [-0.3, -0.25) is 10.1 Å². The van der Waals surface area contributed by atoms with Crippen LogP contribution in [0.5, 0.6) is 0 Å². The SMILES string of the molecule is COCCn1cccc1C(=O)Nc1ncn[nH]1. The molecule has 7 nitrogen and oxygen atoms in total. The second kappa shape index (κ2) is 5.26. The molecule has 2 heterocycles. The molecule has 0 spiro atoms. The molecular weight excluding hydrogens is 222 g/mol. The van der Waals surface area contributed by atoms with Crippen molar-refractivity contribution in [1.82, 2.24) is 19.7 Å². The minimum atomic E-state index is -0.233. The molecule has 0 unspecified atom stereocenters. The summed E-state index contributed by atoms with van der Waals surface area (Å²) in [4.78, 5) is 15.7. The fourth-order valence-corrected chi connectivity index (χ4v) is 1.44. The highest BCUT2D eigenvalue weighted by molar-refractivity contribution is 6.02. The van der Waals surface area contributed by atoms with Crippen LogP contribution < -0.4 is 5.32 Å². The topological polar surface area (TPSA) is 84.8 Å². The van der Waals surface area contributed by atoms with Gasteiger partial charge in [0.25, 0.3) is 5.91 Å². The van der Waals surface area contributed by atoms with E-state index in [4.69, 9.17) is 4.74 Å². The molecule has 0 fully saturated rings. The summed E-state index contributed by atoms with van der Waals surface area (Å²) in [5.41, 5.74) is 0.554. The van der Waals surface area contributed by atoms with Gasteiger partial charge in [-0.2, -0.15) is 10.1 Å². The summed E-state index contributed by atoms with van der Waals surface area (Å²) >= 11 is 0. The number of nitrogens with zero attached hydrogens (tertiary/aromatic N) is 3. The molecule has 2 aromatic heterocycles. The molecule has 0 aromatic carbocycles. The highest BCUT2D eigenvalue weighted by atomic mass is 16.5. The molecule has 0 atom stereocenters. The quantitative estimate of drug-likeness (QED) is 0.790. The lowest BCUT2D eigenvalue weighted by molar-refractivity contribution is 0.101. The Balaban J connectivity index is 2.06. The molecule has 0 saturated carbocycles. The predicted molar refractivity (Wildman–Crippen MR) is 60.6 cm³/mol. The summed E-state index contributed by atoms with van der Waals surface area (Å²) in [6.45, 7) is 1.18. The van der Waals surface area contributed by atoms with Crippen LogP contribution in [-0.2, 0) is 11.3 Å². The Morgan fingerprint density at radius 2 is 2.53 bits per heavy atom. The van der Waals surface area contributed by atoms with Gasteiger partial charge < -0.3 is 9.30 Å². The third-order valence-electron chi connectivity index (χ3n) is 2.25. The minimum absolute atomic E-state index is 0.233. The second-order valence-corrected chi connectivity index (χ2v) is 3.37. The van der Waals surface area contributed by atoms with Crippen molar-refractivity contribution >= 4 is 11.9 Å². The number of aromatic amines is 1. The molecular formula is C10H13N5O2. The van der Waals surface area contributed by atoms with E-state index in [2.05, 4.69) is 20.5 Å². The van der Waals surface area contributed by atoms with Crippen LogP contribution in [0.1, 0.15) is 10.5 Å². The molecule has 2 aromatic rings. The standard InChI is InChI=1S/C10H13N5O2/c1-17-6-5-15-4-2-3-8(15)9(16)13-10-11-7-12-14-10/h2-4,7H,5-6H2,1H3,(H2,11,12,13,14,16). The molecule has 0 radical (unpaired) electrons. The van der Waals surface area contributed by atoms with Gasteiger partial charge in [0.05, 0.1) is 6.61 Å². The summed E-state index contributed by atoms with van der Waals surface area (Å²) in [6.07, 6.45) is 3.16. The predicted octanol–water partition coefficient (Wildman–Crippen LogP) is 0.505. The molecule has 2 rings (SSSR count). The van der Waals surface area contributed by atoms with E-state index in [-0.39, 0.29) is 5.91 Å². The number of carbonyl (C=O) groups is 1. The van der Waals surface area contributed by atoms with Gasteiger partial charge >= 0.3 is 0 Å². The lowest BCUT2D eigenvalue weighted by Gasteiger charge is -2.07. The van der Waals surface area contributed by atoms with Crippen LogP contribution >= 0.6 is 0 Å². The molecule has 17 heavy (non-hydrogen) atoms. The number of hydrogen-bond donors (Lipinski definition) is 2. The first-order chi connectivity index (χ1) is 8.31. The zero-order valence-electron chi connectivity index (χ0n) is 9.38. The maximum absolute atomic E-state index is 11.9. The lowest BCUT2D eigenvalue weighted by atomic mass is 10.4. The van der Waals surface area contributed by atoms with E-state index in [0.717, 1.165) is 0 Å². The van der Waals surface area contributed by atoms with Gasteiger partial charge in [0.1, 0.15) is 12.0 Å². The first-order valence-electron chi connectivity index (χ1n) is 5.12. The smallest absolute Gasteiger partial charge is 0.274 e. The number of nitrogens with one attached hydrogen (secondary N) is 2. The van der Waals surface area contributed by atoms with Gasteiger partial charge in [0, 0.05) is 19.9 Å². The number of H-pyrrole nitrogens is 1. The first-order valence-corrected chi connectivity index (χ1v) is 5.12. The van der Waals surface area contributed by atoms with E-state index in [1.165, 1.54) is 6.33 Å². The largest absolute Gasteiger partial charge is 0.383 e. The number of carbonyl (C=O) groups excluding carboxylic acids is 1. The Hall–Kier alpha value is -2.15. The summed E-state index contributed by atoms with van der Waals surface area (Å²) < 4.78 is 6.79.